The summed E-state index contributed by atoms with van der Waals surface area (Å²) in [6.45, 7) is 1.34. The van der Waals surface area contributed by atoms with Crippen LogP contribution < -0.4 is 10.9 Å². The van der Waals surface area contributed by atoms with Crippen molar-refractivity contribution in [1.29, 1.82) is 0 Å². The van der Waals surface area contributed by atoms with Gasteiger partial charge in [-0.2, -0.15) is 9.78 Å². The first kappa shape index (κ1) is 18.9. The normalized spacial score (nSPS) is 11.2. The summed E-state index contributed by atoms with van der Waals surface area (Å²) in [6, 6.07) is 4.00. The fourth-order valence-electron chi connectivity index (χ4n) is 2.81. The van der Waals surface area contributed by atoms with E-state index in [1.54, 1.807) is 14.0 Å². The molecule has 0 unspecified atom stereocenters. The Balaban J connectivity index is 1.59. The van der Waals surface area contributed by atoms with Crippen molar-refractivity contribution in [1.82, 2.24) is 39.5 Å². The third-order valence-electron chi connectivity index (χ3n) is 4.17. The number of halogens is 2. The number of benzene rings is 1. The van der Waals surface area contributed by atoms with Gasteiger partial charge in [0.25, 0.3) is 5.56 Å². The predicted octanol–water partition coefficient (Wildman–Crippen LogP) is 0.954. The number of rotatable bonds is 4. The van der Waals surface area contributed by atoms with Gasteiger partial charge in [0, 0.05) is 12.7 Å². The van der Waals surface area contributed by atoms with E-state index in [0.717, 1.165) is 0 Å². The van der Waals surface area contributed by atoms with Crippen molar-refractivity contribution in [3.8, 4) is 5.69 Å². The van der Waals surface area contributed by atoms with Crippen molar-refractivity contribution in [2.24, 2.45) is 7.05 Å². The van der Waals surface area contributed by atoms with E-state index in [-0.39, 0.29) is 17.6 Å². The maximum absolute atomic E-state index is 14.1. The van der Waals surface area contributed by atoms with E-state index in [1.807, 2.05) is 0 Å². The number of fused-ring (bicyclic) bond motifs is 1. The molecule has 0 aliphatic rings. The SMILES string of the molecule is Cc1nnnn1-c1cc(NC(=O)Cn2cnc3c(c(Br)nn3C)c2=O)ccc1F. The molecule has 3 heterocycles. The first-order chi connectivity index (χ1) is 13.8. The van der Waals surface area contributed by atoms with Crippen LogP contribution in [0.25, 0.3) is 16.7 Å². The number of anilines is 1. The van der Waals surface area contributed by atoms with Crippen LogP contribution in [-0.2, 0) is 18.4 Å². The van der Waals surface area contributed by atoms with Crippen molar-refractivity contribution in [3.63, 3.8) is 0 Å². The summed E-state index contributed by atoms with van der Waals surface area (Å²) in [5, 5.41) is 17.9. The van der Waals surface area contributed by atoms with Gasteiger partial charge in [0.2, 0.25) is 5.91 Å². The second-order valence-corrected chi connectivity index (χ2v) is 6.89. The predicted molar refractivity (Wildman–Crippen MR) is 103 cm³/mol. The Bertz CT molecular complexity index is 1310. The molecule has 0 spiro atoms. The van der Waals surface area contributed by atoms with Crippen LogP contribution in [0.5, 0.6) is 0 Å². The zero-order valence-corrected chi connectivity index (χ0v) is 16.8. The Morgan fingerprint density at radius 2 is 2.14 bits per heavy atom. The molecule has 0 bridgehead atoms. The molecular formula is C16H13BrFN9O2. The lowest BCUT2D eigenvalue weighted by Gasteiger charge is -2.10. The Hall–Kier alpha value is -3.48. The molecule has 1 amide bonds. The number of aryl methyl sites for hydroxylation is 2. The largest absolute Gasteiger partial charge is 0.324 e. The van der Waals surface area contributed by atoms with E-state index in [0.29, 0.717) is 21.8 Å². The zero-order chi connectivity index (χ0) is 20.7. The Morgan fingerprint density at radius 1 is 1.34 bits per heavy atom. The summed E-state index contributed by atoms with van der Waals surface area (Å²) in [5.74, 6) is -0.648. The van der Waals surface area contributed by atoms with Gasteiger partial charge in [-0.05, 0) is 51.5 Å². The van der Waals surface area contributed by atoms with Crippen LogP contribution in [0, 0.1) is 12.7 Å². The number of amides is 1. The molecule has 148 valence electrons. The molecule has 1 N–H and O–H groups in total. The molecule has 13 heteroatoms. The van der Waals surface area contributed by atoms with E-state index in [1.165, 1.54) is 38.5 Å². The standard InChI is InChI=1S/C16H13BrFN9O2/c1-8-21-23-24-27(8)11-5-9(3-4-10(11)18)20-12(28)6-26-7-19-15-13(16(26)29)14(17)22-25(15)2/h3-5,7H,6H2,1-2H3,(H,20,28). The van der Waals surface area contributed by atoms with Gasteiger partial charge in [0.1, 0.15) is 34.4 Å². The van der Waals surface area contributed by atoms with E-state index >= 15 is 0 Å². The highest BCUT2D eigenvalue weighted by atomic mass is 79.9. The van der Waals surface area contributed by atoms with Crippen molar-refractivity contribution in [3.05, 3.63) is 51.1 Å². The summed E-state index contributed by atoms with van der Waals surface area (Å²) < 4.78 is 18.3. The lowest BCUT2D eigenvalue weighted by molar-refractivity contribution is -0.116. The minimum Gasteiger partial charge on any atom is -0.324 e. The lowest BCUT2D eigenvalue weighted by Crippen LogP contribution is -2.28. The molecule has 29 heavy (non-hydrogen) atoms. The molecule has 0 radical (unpaired) electrons. The average molecular weight is 462 g/mol. The minimum absolute atomic E-state index is 0.0878. The monoisotopic (exact) mass is 461 g/mol. The van der Waals surface area contributed by atoms with Gasteiger partial charge >= 0.3 is 0 Å². The number of hydrogen-bond donors (Lipinski definition) is 1. The second kappa shape index (κ2) is 7.16. The van der Waals surface area contributed by atoms with Gasteiger partial charge in [0.05, 0.1) is 0 Å². The van der Waals surface area contributed by atoms with E-state index in [4.69, 9.17) is 0 Å². The highest BCUT2D eigenvalue weighted by Crippen LogP contribution is 2.19. The average Bonchev–Trinajstić information content (AvgIpc) is 3.22. The van der Waals surface area contributed by atoms with Crippen LogP contribution in [0.2, 0.25) is 0 Å². The molecule has 0 aliphatic heterocycles. The molecule has 0 aliphatic carbocycles. The molecular weight excluding hydrogens is 449 g/mol. The lowest BCUT2D eigenvalue weighted by atomic mass is 10.2. The zero-order valence-electron chi connectivity index (χ0n) is 15.2. The topological polar surface area (TPSA) is 125 Å². The number of hydrogen-bond acceptors (Lipinski definition) is 7. The summed E-state index contributed by atoms with van der Waals surface area (Å²) >= 11 is 3.22. The Labute approximate surface area is 170 Å². The molecule has 4 aromatic rings. The van der Waals surface area contributed by atoms with Crippen LogP contribution in [-0.4, -0.2) is 45.4 Å². The number of nitrogens with zero attached hydrogens (tertiary/aromatic N) is 8. The Morgan fingerprint density at radius 3 is 2.86 bits per heavy atom. The summed E-state index contributed by atoms with van der Waals surface area (Å²) in [4.78, 5) is 29.2. The maximum Gasteiger partial charge on any atom is 0.266 e. The molecule has 3 aromatic heterocycles. The summed E-state index contributed by atoms with van der Waals surface area (Å²) in [5.41, 5.74) is 0.406. The third-order valence-corrected chi connectivity index (χ3v) is 4.72. The maximum atomic E-state index is 14.1. The van der Waals surface area contributed by atoms with Gasteiger partial charge in [0.15, 0.2) is 11.5 Å². The van der Waals surface area contributed by atoms with Crippen LogP contribution in [0.4, 0.5) is 10.1 Å². The van der Waals surface area contributed by atoms with Gasteiger partial charge in [-0.15, -0.1) is 5.10 Å². The van der Waals surface area contributed by atoms with E-state index in [9.17, 15) is 14.0 Å². The van der Waals surface area contributed by atoms with Crippen LogP contribution >= 0.6 is 15.9 Å². The van der Waals surface area contributed by atoms with Crippen LogP contribution in [0.3, 0.4) is 0 Å². The minimum atomic E-state index is -0.550. The fraction of sp³-hybridized carbons (Fsp3) is 0.188. The number of carbonyl (C=O) groups is 1. The Kier molecular flexibility index (Phi) is 4.66. The summed E-state index contributed by atoms with van der Waals surface area (Å²) in [7, 11) is 1.66. The molecule has 0 atom stereocenters. The molecule has 0 saturated heterocycles. The highest BCUT2D eigenvalue weighted by Gasteiger charge is 2.16. The number of nitrogens with one attached hydrogen (secondary N) is 1. The highest BCUT2D eigenvalue weighted by molar-refractivity contribution is 9.10. The first-order valence-electron chi connectivity index (χ1n) is 8.27. The van der Waals surface area contributed by atoms with Crippen molar-refractivity contribution < 1.29 is 9.18 Å². The molecule has 0 fully saturated rings. The van der Waals surface area contributed by atoms with Crippen LogP contribution in [0.1, 0.15) is 5.82 Å². The third kappa shape index (κ3) is 3.40. The van der Waals surface area contributed by atoms with Crippen molar-refractivity contribution >= 4 is 38.6 Å². The summed E-state index contributed by atoms with van der Waals surface area (Å²) in [6.07, 6.45) is 1.28. The van der Waals surface area contributed by atoms with Gasteiger partial charge in [-0.1, -0.05) is 0 Å². The van der Waals surface area contributed by atoms with Crippen molar-refractivity contribution in [2.45, 2.75) is 13.5 Å². The number of aromatic nitrogens is 8. The molecule has 0 saturated carbocycles. The molecule has 11 nitrogen and oxygen atoms in total. The van der Waals surface area contributed by atoms with E-state index < -0.39 is 17.3 Å². The van der Waals surface area contributed by atoms with E-state index in [2.05, 4.69) is 46.9 Å². The smallest absolute Gasteiger partial charge is 0.266 e. The quantitative estimate of drug-likeness (QED) is 0.479. The van der Waals surface area contributed by atoms with Gasteiger partial charge < -0.3 is 5.32 Å². The number of carbonyl (C=O) groups excluding carboxylic acids is 1. The molecule has 4 rings (SSSR count). The van der Waals surface area contributed by atoms with Crippen molar-refractivity contribution in [2.75, 3.05) is 5.32 Å². The van der Waals surface area contributed by atoms with Gasteiger partial charge in [-0.3, -0.25) is 14.2 Å². The first-order valence-corrected chi connectivity index (χ1v) is 9.07. The number of tetrazole rings is 1. The molecule has 1 aromatic carbocycles. The fourth-order valence-corrected chi connectivity index (χ4v) is 3.40. The van der Waals surface area contributed by atoms with Crippen LogP contribution in [0.15, 0.2) is 33.9 Å². The second-order valence-electron chi connectivity index (χ2n) is 6.14. The van der Waals surface area contributed by atoms with Gasteiger partial charge in [-0.25, -0.2) is 14.1 Å².